The Morgan fingerprint density at radius 2 is 2.39 bits per heavy atom. The standard InChI is InChI=1S/C14H22N2O2/c1-12-6-3-4-8-16(12)11-14(17)15(2)10-13-7-5-9-18-13/h5,7,9,12H,3-4,6,8,10-11H2,1-2H3. The highest BCUT2D eigenvalue weighted by Crippen LogP contribution is 2.16. The van der Waals surface area contributed by atoms with Gasteiger partial charge in [0.1, 0.15) is 5.76 Å². The summed E-state index contributed by atoms with van der Waals surface area (Å²) in [6, 6.07) is 4.27. The summed E-state index contributed by atoms with van der Waals surface area (Å²) in [4.78, 5) is 16.1. The van der Waals surface area contributed by atoms with Gasteiger partial charge in [0.15, 0.2) is 0 Å². The molecule has 2 rings (SSSR count). The van der Waals surface area contributed by atoms with Crippen LogP contribution in [0.15, 0.2) is 22.8 Å². The molecule has 0 spiro atoms. The fourth-order valence-corrected chi connectivity index (χ4v) is 2.41. The van der Waals surface area contributed by atoms with Crippen molar-refractivity contribution < 1.29 is 9.21 Å². The SMILES string of the molecule is CC1CCCCN1CC(=O)N(C)Cc1ccco1. The highest BCUT2D eigenvalue weighted by molar-refractivity contribution is 5.78. The Labute approximate surface area is 109 Å². The lowest BCUT2D eigenvalue weighted by Gasteiger charge is -2.33. The third kappa shape index (κ3) is 3.35. The second kappa shape index (κ2) is 6.05. The average Bonchev–Trinajstić information content (AvgIpc) is 2.84. The van der Waals surface area contributed by atoms with E-state index in [4.69, 9.17) is 4.42 Å². The normalized spacial score (nSPS) is 20.9. The number of hydrogen-bond acceptors (Lipinski definition) is 3. The second-order valence-corrected chi connectivity index (χ2v) is 5.14. The van der Waals surface area contributed by atoms with E-state index in [1.807, 2.05) is 19.2 Å². The average molecular weight is 250 g/mol. The molecule has 0 N–H and O–H groups in total. The van der Waals surface area contributed by atoms with Gasteiger partial charge in [-0.25, -0.2) is 0 Å². The Hall–Kier alpha value is -1.29. The number of likely N-dealkylation sites (tertiary alicyclic amines) is 1. The highest BCUT2D eigenvalue weighted by Gasteiger charge is 2.22. The number of furan rings is 1. The minimum absolute atomic E-state index is 0.167. The third-order valence-corrected chi connectivity index (χ3v) is 3.68. The highest BCUT2D eigenvalue weighted by atomic mass is 16.3. The van der Waals surface area contributed by atoms with Crippen LogP contribution in [0.3, 0.4) is 0 Å². The summed E-state index contributed by atoms with van der Waals surface area (Å²) in [5.41, 5.74) is 0. The fraction of sp³-hybridized carbons (Fsp3) is 0.643. The molecule has 1 amide bonds. The summed E-state index contributed by atoms with van der Waals surface area (Å²) in [6.07, 6.45) is 5.34. The van der Waals surface area contributed by atoms with Crippen LogP contribution in [0.25, 0.3) is 0 Å². The Kier molecular flexibility index (Phi) is 4.42. The zero-order valence-electron chi connectivity index (χ0n) is 11.3. The fourth-order valence-electron chi connectivity index (χ4n) is 2.41. The van der Waals surface area contributed by atoms with E-state index in [9.17, 15) is 4.79 Å². The van der Waals surface area contributed by atoms with Gasteiger partial charge in [0.2, 0.25) is 5.91 Å². The lowest BCUT2D eigenvalue weighted by Crippen LogP contribution is -2.44. The summed E-state index contributed by atoms with van der Waals surface area (Å²) >= 11 is 0. The molecule has 0 aromatic carbocycles. The minimum atomic E-state index is 0.167. The second-order valence-electron chi connectivity index (χ2n) is 5.14. The maximum atomic E-state index is 12.1. The summed E-state index contributed by atoms with van der Waals surface area (Å²) in [7, 11) is 1.83. The molecule has 100 valence electrons. The number of carbonyl (C=O) groups excluding carboxylic acids is 1. The molecule has 1 aliphatic heterocycles. The Morgan fingerprint density at radius 1 is 1.56 bits per heavy atom. The number of nitrogens with zero attached hydrogens (tertiary/aromatic N) is 2. The lowest BCUT2D eigenvalue weighted by atomic mass is 10.0. The first-order valence-electron chi connectivity index (χ1n) is 6.67. The van der Waals surface area contributed by atoms with Gasteiger partial charge in [0.25, 0.3) is 0 Å². The van der Waals surface area contributed by atoms with Crippen LogP contribution in [-0.2, 0) is 11.3 Å². The molecule has 1 aromatic rings. The quantitative estimate of drug-likeness (QED) is 0.821. The van der Waals surface area contributed by atoms with Gasteiger partial charge >= 0.3 is 0 Å². The monoisotopic (exact) mass is 250 g/mol. The predicted octanol–water partition coefficient (Wildman–Crippen LogP) is 2.11. The van der Waals surface area contributed by atoms with Gasteiger partial charge in [-0.05, 0) is 38.4 Å². The first-order valence-corrected chi connectivity index (χ1v) is 6.67. The number of amides is 1. The van der Waals surface area contributed by atoms with Gasteiger partial charge in [-0.3, -0.25) is 9.69 Å². The predicted molar refractivity (Wildman–Crippen MR) is 70.1 cm³/mol. The summed E-state index contributed by atoms with van der Waals surface area (Å²) in [6.45, 7) is 4.33. The molecule has 0 bridgehead atoms. The van der Waals surface area contributed by atoms with Crippen molar-refractivity contribution in [3.8, 4) is 0 Å². The van der Waals surface area contributed by atoms with Gasteiger partial charge in [0, 0.05) is 13.1 Å². The molecule has 1 fully saturated rings. The van der Waals surface area contributed by atoms with Crippen molar-refractivity contribution in [1.29, 1.82) is 0 Å². The van der Waals surface area contributed by atoms with Gasteiger partial charge in [0.05, 0.1) is 19.4 Å². The minimum Gasteiger partial charge on any atom is -0.467 e. The van der Waals surface area contributed by atoms with Crippen molar-refractivity contribution in [3.63, 3.8) is 0 Å². The molecule has 1 saturated heterocycles. The van der Waals surface area contributed by atoms with Gasteiger partial charge in [-0.1, -0.05) is 6.42 Å². The molecule has 0 saturated carbocycles. The van der Waals surface area contributed by atoms with Crippen LogP contribution in [0.5, 0.6) is 0 Å². The molecule has 18 heavy (non-hydrogen) atoms. The van der Waals surface area contributed by atoms with Gasteiger partial charge in [-0.15, -0.1) is 0 Å². The van der Waals surface area contributed by atoms with E-state index >= 15 is 0 Å². The van der Waals surface area contributed by atoms with Gasteiger partial charge < -0.3 is 9.32 Å². The van der Waals surface area contributed by atoms with E-state index in [2.05, 4.69) is 11.8 Å². The summed E-state index contributed by atoms with van der Waals surface area (Å²) in [5, 5.41) is 0. The topological polar surface area (TPSA) is 36.7 Å². The summed E-state index contributed by atoms with van der Waals surface area (Å²) < 4.78 is 5.26. The number of piperidine rings is 1. The van der Waals surface area contributed by atoms with Gasteiger partial charge in [-0.2, -0.15) is 0 Å². The van der Waals surface area contributed by atoms with Crippen LogP contribution in [0.1, 0.15) is 31.9 Å². The van der Waals surface area contributed by atoms with E-state index in [1.165, 1.54) is 19.3 Å². The molecule has 4 heteroatoms. The van der Waals surface area contributed by atoms with Crippen molar-refractivity contribution in [2.75, 3.05) is 20.1 Å². The molecule has 1 atom stereocenters. The first-order chi connectivity index (χ1) is 8.66. The first kappa shape index (κ1) is 13.1. The molecule has 1 aliphatic rings. The number of hydrogen-bond donors (Lipinski definition) is 0. The molecular weight excluding hydrogens is 228 g/mol. The molecule has 0 aliphatic carbocycles. The van der Waals surface area contributed by atoms with Crippen molar-refractivity contribution in [2.24, 2.45) is 0 Å². The maximum absolute atomic E-state index is 12.1. The van der Waals surface area contributed by atoms with Crippen LogP contribution in [0, 0.1) is 0 Å². The molecular formula is C14H22N2O2. The van der Waals surface area contributed by atoms with Crippen LogP contribution < -0.4 is 0 Å². The molecule has 1 aromatic heterocycles. The van der Waals surface area contributed by atoms with E-state index in [0.717, 1.165) is 12.3 Å². The zero-order chi connectivity index (χ0) is 13.0. The van der Waals surface area contributed by atoms with Crippen LogP contribution in [0.2, 0.25) is 0 Å². The maximum Gasteiger partial charge on any atom is 0.236 e. The largest absolute Gasteiger partial charge is 0.467 e. The zero-order valence-corrected chi connectivity index (χ0v) is 11.3. The summed E-state index contributed by atoms with van der Waals surface area (Å²) in [5.74, 6) is 0.998. The van der Waals surface area contributed by atoms with Crippen molar-refractivity contribution >= 4 is 5.91 Å². The van der Waals surface area contributed by atoms with E-state index in [-0.39, 0.29) is 5.91 Å². The Bertz CT molecular complexity index is 375. The number of rotatable bonds is 4. The molecule has 4 nitrogen and oxygen atoms in total. The molecule has 1 unspecified atom stereocenters. The number of carbonyl (C=O) groups is 1. The van der Waals surface area contributed by atoms with Crippen LogP contribution >= 0.6 is 0 Å². The van der Waals surface area contributed by atoms with Crippen molar-refractivity contribution in [1.82, 2.24) is 9.80 Å². The Morgan fingerprint density at radius 3 is 3.06 bits per heavy atom. The van der Waals surface area contributed by atoms with E-state index < -0.39 is 0 Å². The smallest absolute Gasteiger partial charge is 0.236 e. The third-order valence-electron chi connectivity index (χ3n) is 3.68. The molecule has 2 heterocycles. The number of likely N-dealkylation sites (N-methyl/N-ethyl adjacent to an activating group) is 1. The van der Waals surface area contributed by atoms with E-state index in [0.29, 0.717) is 19.1 Å². The van der Waals surface area contributed by atoms with E-state index in [1.54, 1.807) is 11.2 Å². The van der Waals surface area contributed by atoms with Crippen molar-refractivity contribution in [3.05, 3.63) is 24.2 Å². The van der Waals surface area contributed by atoms with Crippen LogP contribution in [0.4, 0.5) is 0 Å². The van der Waals surface area contributed by atoms with Crippen LogP contribution in [-0.4, -0.2) is 41.9 Å². The lowest BCUT2D eigenvalue weighted by molar-refractivity contribution is -0.132. The van der Waals surface area contributed by atoms with Crippen molar-refractivity contribution in [2.45, 2.75) is 38.8 Å². The Balaban J connectivity index is 1.83. The molecule has 0 radical (unpaired) electrons.